The first kappa shape index (κ1) is 17.2. The number of para-hydroxylation sites is 1. The summed E-state index contributed by atoms with van der Waals surface area (Å²) in [5.41, 5.74) is -0.453. The first-order valence-corrected chi connectivity index (χ1v) is 8.48. The third kappa shape index (κ3) is 4.47. The van der Waals surface area contributed by atoms with Crippen molar-refractivity contribution in [2.24, 2.45) is 0 Å². The molecule has 3 rings (SSSR count). The smallest absolute Gasteiger partial charge is 0.126 e. The Morgan fingerprint density at radius 2 is 2.00 bits per heavy atom. The molecule has 1 aliphatic rings. The fourth-order valence-corrected chi connectivity index (χ4v) is 3.31. The number of rotatable bonds is 6. The molecule has 1 saturated heterocycles. The summed E-state index contributed by atoms with van der Waals surface area (Å²) in [6, 6.07) is 14.1. The quantitative estimate of drug-likeness (QED) is 0.866. The van der Waals surface area contributed by atoms with Crippen LogP contribution in [0.5, 0.6) is 5.75 Å². The third-order valence-corrected chi connectivity index (χ3v) is 4.59. The highest BCUT2D eigenvalue weighted by atomic mass is 35.5. The standard InChI is InChI=1S/C19H21ClFNO2/c20-16-6-7-18(21)15(12-16)13-19(23)8-9-22(14-19)10-11-24-17-4-2-1-3-5-17/h1-7,12,23H,8-11,13-14H2. The molecule has 1 heterocycles. The average molecular weight is 350 g/mol. The zero-order chi connectivity index (χ0) is 17.0. The van der Waals surface area contributed by atoms with E-state index < -0.39 is 5.60 Å². The van der Waals surface area contributed by atoms with Gasteiger partial charge in [0.2, 0.25) is 0 Å². The molecule has 1 unspecified atom stereocenters. The minimum atomic E-state index is -0.918. The molecule has 0 saturated carbocycles. The van der Waals surface area contributed by atoms with Gasteiger partial charge in [0, 0.05) is 31.1 Å². The Morgan fingerprint density at radius 1 is 1.21 bits per heavy atom. The van der Waals surface area contributed by atoms with E-state index in [2.05, 4.69) is 4.90 Å². The number of likely N-dealkylation sites (tertiary alicyclic amines) is 1. The number of hydrogen-bond donors (Lipinski definition) is 1. The van der Waals surface area contributed by atoms with E-state index in [1.807, 2.05) is 30.3 Å². The van der Waals surface area contributed by atoms with E-state index in [1.165, 1.54) is 12.1 Å². The van der Waals surface area contributed by atoms with Gasteiger partial charge in [-0.2, -0.15) is 0 Å². The van der Waals surface area contributed by atoms with Gasteiger partial charge in [0.15, 0.2) is 0 Å². The normalized spacial score (nSPS) is 21.1. The van der Waals surface area contributed by atoms with Crippen LogP contribution in [0.3, 0.4) is 0 Å². The molecule has 1 aliphatic heterocycles. The molecule has 1 atom stereocenters. The van der Waals surface area contributed by atoms with E-state index >= 15 is 0 Å². The van der Waals surface area contributed by atoms with Crippen molar-refractivity contribution < 1.29 is 14.2 Å². The largest absolute Gasteiger partial charge is 0.492 e. The molecule has 128 valence electrons. The maximum Gasteiger partial charge on any atom is 0.126 e. The number of benzene rings is 2. The second-order valence-corrected chi connectivity index (χ2v) is 6.76. The number of nitrogens with zero attached hydrogens (tertiary/aromatic N) is 1. The van der Waals surface area contributed by atoms with Crippen LogP contribution in [0, 0.1) is 5.82 Å². The molecule has 5 heteroatoms. The Hall–Kier alpha value is -1.62. The van der Waals surface area contributed by atoms with E-state index in [0.29, 0.717) is 30.2 Å². The van der Waals surface area contributed by atoms with E-state index in [-0.39, 0.29) is 12.2 Å². The summed E-state index contributed by atoms with van der Waals surface area (Å²) < 4.78 is 19.6. The van der Waals surface area contributed by atoms with Crippen LogP contribution in [-0.2, 0) is 6.42 Å². The number of β-amino-alcohol motifs (C(OH)–C–C–N with tert-alkyl or cyclic N) is 1. The van der Waals surface area contributed by atoms with Crippen molar-refractivity contribution in [2.45, 2.75) is 18.4 Å². The fraction of sp³-hybridized carbons (Fsp3) is 0.368. The second-order valence-electron chi connectivity index (χ2n) is 6.32. The van der Waals surface area contributed by atoms with Crippen LogP contribution in [0.4, 0.5) is 4.39 Å². The highest BCUT2D eigenvalue weighted by Crippen LogP contribution is 2.27. The molecule has 0 spiro atoms. The summed E-state index contributed by atoms with van der Waals surface area (Å²) in [6.07, 6.45) is 0.889. The van der Waals surface area contributed by atoms with Gasteiger partial charge in [0.1, 0.15) is 18.2 Å². The Bertz CT molecular complexity index is 682. The highest BCUT2D eigenvalue weighted by Gasteiger charge is 2.36. The highest BCUT2D eigenvalue weighted by molar-refractivity contribution is 6.30. The zero-order valence-corrected chi connectivity index (χ0v) is 14.2. The second kappa shape index (κ2) is 7.51. The molecule has 0 aliphatic carbocycles. The van der Waals surface area contributed by atoms with Crippen molar-refractivity contribution >= 4 is 11.6 Å². The van der Waals surface area contributed by atoms with Crippen LogP contribution in [0.15, 0.2) is 48.5 Å². The molecular weight excluding hydrogens is 329 g/mol. The minimum absolute atomic E-state index is 0.273. The Labute approximate surface area is 146 Å². The van der Waals surface area contributed by atoms with Crippen molar-refractivity contribution in [1.82, 2.24) is 4.90 Å². The monoisotopic (exact) mass is 349 g/mol. The van der Waals surface area contributed by atoms with Gasteiger partial charge < -0.3 is 9.84 Å². The lowest BCUT2D eigenvalue weighted by molar-refractivity contribution is 0.0474. The van der Waals surface area contributed by atoms with Gasteiger partial charge in [-0.15, -0.1) is 0 Å². The van der Waals surface area contributed by atoms with Gasteiger partial charge in [-0.1, -0.05) is 29.8 Å². The fourth-order valence-electron chi connectivity index (χ4n) is 3.12. The van der Waals surface area contributed by atoms with Crippen LogP contribution in [-0.4, -0.2) is 41.8 Å². The molecule has 0 aromatic heterocycles. The lowest BCUT2D eigenvalue weighted by atomic mass is 9.93. The Morgan fingerprint density at radius 3 is 2.79 bits per heavy atom. The van der Waals surface area contributed by atoms with Crippen LogP contribution in [0.25, 0.3) is 0 Å². The molecule has 0 amide bonds. The molecule has 0 radical (unpaired) electrons. The first-order valence-electron chi connectivity index (χ1n) is 8.11. The van der Waals surface area contributed by atoms with Gasteiger partial charge in [-0.25, -0.2) is 4.39 Å². The van der Waals surface area contributed by atoms with Crippen molar-refractivity contribution in [1.29, 1.82) is 0 Å². The van der Waals surface area contributed by atoms with Crippen LogP contribution >= 0.6 is 11.6 Å². The number of halogens is 2. The van der Waals surface area contributed by atoms with Gasteiger partial charge in [0.25, 0.3) is 0 Å². The molecular formula is C19H21ClFNO2. The van der Waals surface area contributed by atoms with Crippen LogP contribution in [0.2, 0.25) is 5.02 Å². The molecule has 24 heavy (non-hydrogen) atoms. The van der Waals surface area contributed by atoms with Gasteiger partial charge in [0.05, 0.1) is 5.60 Å². The molecule has 2 aromatic carbocycles. The topological polar surface area (TPSA) is 32.7 Å². The van der Waals surface area contributed by atoms with E-state index in [1.54, 1.807) is 6.07 Å². The van der Waals surface area contributed by atoms with E-state index in [4.69, 9.17) is 16.3 Å². The van der Waals surface area contributed by atoms with Crippen molar-refractivity contribution in [2.75, 3.05) is 26.2 Å². The molecule has 1 fully saturated rings. The molecule has 0 bridgehead atoms. The van der Waals surface area contributed by atoms with Crippen molar-refractivity contribution in [3.05, 3.63) is 64.9 Å². The maximum atomic E-state index is 13.9. The minimum Gasteiger partial charge on any atom is -0.492 e. The summed E-state index contributed by atoms with van der Waals surface area (Å²) in [5, 5.41) is 11.2. The Kier molecular flexibility index (Phi) is 5.39. The number of hydrogen-bond acceptors (Lipinski definition) is 3. The van der Waals surface area contributed by atoms with Crippen LogP contribution < -0.4 is 4.74 Å². The third-order valence-electron chi connectivity index (χ3n) is 4.36. The number of ether oxygens (including phenoxy) is 1. The summed E-state index contributed by atoms with van der Waals surface area (Å²) >= 11 is 5.93. The molecule has 1 N–H and O–H groups in total. The summed E-state index contributed by atoms with van der Waals surface area (Å²) in [7, 11) is 0. The Balaban J connectivity index is 1.51. The van der Waals surface area contributed by atoms with Gasteiger partial charge >= 0.3 is 0 Å². The number of aliphatic hydroxyl groups is 1. The molecule has 3 nitrogen and oxygen atoms in total. The lowest BCUT2D eigenvalue weighted by Crippen LogP contribution is -2.36. The van der Waals surface area contributed by atoms with Crippen LogP contribution in [0.1, 0.15) is 12.0 Å². The molecule has 2 aromatic rings. The summed E-state index contributed by atoms with van der Waals surface area (Å²) in [5.74, 6) is 0.520. The zero-order valence-electron chi connectivity index (χ0n) is 13.4. The predicted octanol–water partition coefficient (Wildman–Crippen LogP) is 3.54. The maximum absolute atomic E-state index is 13.9. The van der Waals surface area contributed by atoms with Crippen molar-refractivity contribution in [3.63, 3.8) is 0 Å². The van der Waals surface area contributed by atoms with Gasteiger partial charge in [-0.3, -0.25) is 4.90 Å². The summed E-state index contributed by atoms with van der Waals surface area (Å²) in [6.45, 7) is 2.58. The average Bonchev–Trinajstić information content (AvgIpc) is 2.93. The summed E-state index contributed by atoms with van der Waals surface area (Å²) in [4.78, 5) is 2.14. The SMILES string of the molecule is OC1(Cc2cc(Cl)ccc2F)CCN(CCOc2ccccc2)C1. The van der Waals surface area contributed by atoms with E-state index in [9.17, 15) is 9.50 Å². The predicted molar refractivity (Wildman–Crippen MR) is 93.1 cm³/mol. The van der Waals surface area contributed by atoms with Gasteiger partial charge in [-0.05, 0) is 42.3 Å². The van der Waals surface area contributed by atoms with Crippen molar-refractivity contribution in [3.8, 4) is 5.75 Å². The first-order chi connectivity index (χ1) is 11.5. The van der Waals surface area contributed by atoms with E-state index in [0.717, 1.165) is 18.8 Å². The lowest BCUT2D eigenvalue weighted by Gasteiger charge is -2.24.